The number of H-pyrrole nitrogens is 1. The standard InChI is InChI=1S/C10H11N5OS/c1-5-2-9(13-4-6(5)11)17-10-14-7(12)3-8(16)15-10/h2-4H,11H2,1H3,(H3,12,14,15,16). The molecule has 0 aliphatic heterocycles. The Bertz CT molecular complexity index is 610. The molecule has 0 amide bonds. The average Bonchev–Trinajstić information content (AvgIpc) is 2.22. The SMILES string of the molecule is Cc1cc(Sc2nc(N)cc(=O)[nH]2)ncc1N. The number of nitrogen functional groups attached to an aromatic ring is 2. The number of rotatable bonds is 2. The minimum atomic E-state index is -0.285. The number of hydrogen-bond donors (Lipinski definition) is 3. The maximum atomic E-state index is 11.2. The number of aryl methyl sites for hydroxylation is 1. The molecule has 2 aromatic heterocycles. The number of nitrogens with zero attached hydrogens (tertiary/aromatic N) is 2. The van der Waals surface area contributed by atoms with Gasteiger partial charge < -0.3 is 16.5 Å². The van der Waals surface area contributed by atoms with E-state index < -0.39 is 0 Å². The van der Waals surface area contributed by atoms with Crippen LogP contribution < -0.4 is 17.0 Å². The Morgan fingerprint density at radius 3 is 2.76 bits per heavy atom. The molecule has 6 nitrogen and oxygen atoms in total. The highest BCUT2D eigenvalue weighted by Gasteiger charge is 2.04. The highest BCUT2D eigenvalue weighted by molar-refractivity contribution is 7.99. The predicted molar refractivity (Wildman–Crippen MR) is 66.8 cm³/mol. The molecule has 0 aromatic carbocycles. The van der Waals surface area contributed by atoms with Crippen molar-refractivity contribution in [3.05, 3.63) is 34.2 Å². The van der Waals surface area contributed by atoms with E-state index in [1.165, 1.54) is 17.8 Å². The molecule has 0 aliphatic carbocycles. The van der Waals surface area contributed by atoms with Crippen molar-refractivity contribution in [1.29, 1.82) is 0 Å². The zero-order valence-corrected chi connectivity index (χ0v) is 9.91. The van der Waals surface area contributed by atoms with Gasteiger partial charge in [-0.2, -0.15) is 0 Å². The molecule has 2 rings (SSSR count). The van der Waals surface area contributed by atoms with E-state index in [1.54, 1.807) is 6.20 Å². The monoisotopic (exact) mass is 249 g/mol. The summed E-state index contributed by atoms with van der Waals surface area (Å²) in [6.07, 6.45) is 1.57. The summed E-state index contributed by atoms with van der Waals surface area (Å²) in [6, 6.07) is 3.05. The molecule has 0 bridgehead atoms. The lowest BCUT2D eigenvalue weighted by Crippen LogP contribution is -2.09. The Kier molecular flexibility index (Phi) is 3.01. The Morgan fingerprint density at radius 1 is 1.35 bits per heavy atom. The van der Waals surface area contributed by atoms with Gasteiger partial charge in [-0.15, -0.1) is 0 Å². The van der Waals surface area contributed by atoms with Crippen molar-refractivity contribution in [1.82, 2.24) is 15.0 Å². The predicted octanol–water partition coefficient (Wildman–Crippen LogP) is 0.789. The fourth-order valence-electron chi connectivity index (χ4n) is 1.20. The first-order valence-electron chi connectivity index (χ1n) is 4.81. The summed E-state index contributed by atoms with van der Waals surface area (Å²) in [4.78, 5) is 21.9. The number of nitrogens with one attached hydrogen (secondary N) is 1. The third kappa shape index (κ3) is 2.76. The van der Waals surface area contributed by atoms with E-state index in [4.69, 9.17) is 11.5 Å². The van der Waals surface area contributed by atoms with Crippen LogP contribution in [-0.4, -0.2) is 15.0 Å². The van der Waals surface area contributed by atoms with Crippen LogP contribution in [0, 0.1) is 6.92 Å². The Labute approximate surface area is 101 Å². The molecule has 17 heavy (non-hydrogen) atoms. The van der Waals surface area contributed by atoms with E-state index >= 15 is 0 Å². The van der Waals surface area contributed by atoms with Crippen LogP contribution in [0.4, 0.5) is 11.5 Å². The van der Waals surface area contributed by atoms with Crippen molar-refractivity contribution in [2.24, 2.45) is 0 Å². The van der Waals surface area contributed by atoms with Crippen molar-refractivity contribution < 1.29 is 0 Å². The molecule has 0 fully saturated rings. The van der Waals surface area contributed by atoms with Crippen LogP contribution in [0.1, 0.15) is 5.56 Å². The third-order valence-corrected chi connectivity index (χ3v) is 2.89. The summed E-state index contributed by atoms with van der Waals surface area (Å²) in [5, 5.41) is 1.11. The van der Waals surface area contributed by atoms with Gasteiger partial charge >= 0.3 is 0 Å². The highest BCUT2D eigenvalue weighted by atomic mass is 32.2. The third-order valence-electron chi connectivity index (χ3n) is 2.07. The van der Waals surface area contributed by atoms with Crippen molar-refractivity contribution in [2.45, 2.75) is 17.1 Å². The van der Waals surface area contributed by atoms with Crippen molar-refractivity contribution in [3.8, 4) is 0 Å². The Hall–Kier alpha value is -2.02. The Morgan fingerprint density at radius 2 is 2.12 bits per heavy atom. The van der Waals surface area contributed by atoms with Crippen LogP contribution in [0.25, 0.3) is 0 Å². The summed E-state index contributed by atoms with van der Waals surface area (Å²) in [5.74, 6) is 0.184. The van der Waals surface area contributed by atoms with Crippen LogP contribution in [0.5, 0.6) is 0 Å². The number of aromatic amines is 1. The molecule has 0 saturated heterocycles. The molecule has 0 unspecified atom stereocenters. The molecule has 2 aromatic rings. The Balaban J connectivity index is 2.31. The molecule has 0 spiro atoms. The fraction of sp³-hybridized carbons (Fsp3) is 0.100. The molecular weight excluding hydrogens is 238 g/mol. The lowest BCUT2D eigenvalue weighted by Gasteiger charge is -2.03. The van der Waals surface area contributed by atoms with Crippen LogP contribution in [0.2, 0.25) is 0 Å². The van der Waals surface area contributed by atoms with Gasteiger partial charge in [-0.05, 0) is 30.3 Å². The highest BCUT2D eigenvalue weighted by Crippen LogP contribution is 2.24. The minimum absolute atomic E-state index is 0.184. The zero-order valence-electron chi connectivity index (χ0n) is 9.10. The van der Waals surface area contributed by atoms with Crippen LogP contribution >= 0.6 is 11.8 Å². The van der Waals surface area contributed by atoms with Crippen molar-refractivity contribution in [3.63, 3.8) is 0 Å². The van der Waals surface area contributed by atoms with Crippen molar-refractivity contribution >= 4 is 23.3 Å². The number of anilines is 2. The van der Waals surface area contributed by atoms with E-state index in [9.17, 15) is 4.79 Å². The van der Waals surface area contributed by atoms with Gasteiger partial charge in [-0.1, -0.05) is 0 Å². The van der Waals surface area contributed by atoms with E-state index in [2.05, 4.69) is 15.0 Å². The molecule has 5 N–H and O–H groups in total. The molecule has 2 heterocycles. The summed E-state index contributed by atoms with van der Waals surface area (Å²) in [7, 11) is 0. The van der Waals surface area contributed by atoms with Crippen LogP contribution in [0.3, 0.4) is 0 Å². The second-order valence-electron chi connectivity index (χ2n) is 3.46. The molecular formula is C10H11N5OS. The van der Waals surface area contributed by atoms with Gasteiger partial charge in [-0.3, -0.25) is 4.79 Å². The summed E-state index contributed by atoms with van der Waals surface area (Å²) in [5.41, 5.74) is 12.4. The van der Waals surface area contributed by atoms with Gasteiger partial charge in [0, 0.05) is 6.07 Å². The summed E-state index contributed by atoms with van der Waals surface area (Å²) >= 11 is 1.23. The maximum absolute atomic E-state index is 11.2. The second-order valence-corrected chi connectivity index (χ2v) is 4.47. The fourth-order valence-corrected chi connectivity index (χ4v) is 2.04. The topological polar surface area (TPSA) is 111 Å². The van der Waals surface area contributed by atoms with Gasteiger partial charge in [0.25, 0.3) is 5.56 Å². The lowest BCUT2D eigenvalue weighted by atomic mass is 10.3. The molecule has 0 atom stereocenters. The van der Waals surface area contributed by atoms with Crippen molar-refractivity contribution in [2.75, 3.05) is 11.5 Å². The van der Waals surface area contributed by atoms with E-state index in [0.29, 0.717) is 15.9 Å². The average molecular weight is 249 g/mol. The van der Waals surface area contributed by atoms with E-state index in [1.807, 2.05) is 13.0 Å². The molecule has 0 saturated carbocycles. The summed E-state index contributed by atoms with van der Waals surface area (Å²) in [6.45, 7) is 1.89. The van der Waals surface area contributed by atoms with Gasteiger partial charge in [0.2, 0.25) is 0 Å². The number of nitrogens with two attached hydrogens (primary N) is 2. The van der Waals surface area contributed by atoms with Crippen LogP contribution in [0.15, 0.2) is 33.3 Å². The first kappa shape index (κ1) is 11.5. The quantitative estimate of drug-likeness (QED) is 0.678. The van der Waals surface area contributed by atoms with E-state index in [-0.39, 0.29) is 11.4 Å². The number of hydrogen-bond acceptors (Lipinski definition) is 6. The first-order valence-corrected chi connectivity index (χ1v) is 5.63. The lowest BCUT2D eigenvalue weighted by molar-refractivity contribution is 0.940. The molecule has 0 aliphatic rings. The summed E-state index contributed by atoms with van der Waals surface area (Å²) < 4.78 is 0. The first-order chi connectivity index (χ1) is 8.04. The van der Waals surface area contributed by atoms with Gasteiger partial charge in [-0.25, -0.2) is 9.97 Å². The maximum Gasteiger partial charge on any atom is 0.253 e. The largest absolute Gasteiger partial charge is 0.397 e. The van der Waals surface area contributed by atoms with Gasteiger partial charge in [0.05, 0.1) is 11.9 Å². The minimum Gasteiger partial charge on any atom is -0.397 e. The zero-order chi connectivity index (χ0) is 12.4. The second kappa shape index (κ2) is 4.46. The number of pyridine rings is 1. The van der Waals surface area contributed by atoms with Crippen LogP contribution in [-0.2, 0) is 0 Å². The van der Waals surface area contributed by atoms with Gasteiger partial charge in [0.15, 0.2) is 5.16 Å². The molecule has 7 heteroatoms. The molecule has 0 radical (unpaired) electrons. The normalized spacial score (nSPS) is 10.4. The molecule has 88 valence electrons. The number of aromatic nitrogens is 3. The van der Waals surface area contributed by atoms with E-state index in [0.717, 1.165) is 5.56 Å². The van der Waals surface area contributed by atoms with Gasteiger partial charge in [0.1, 0.15) is 10.8 Å². The smallest absolute Gasteiger partial charge is 0.253 e.